The van der Waals surface area contributed by atoms with Gasteiger partial charge in [0.1, 0.15) is 11.5 Å². The quantitative estimate of drug-likeness (QED) is 0.901. The molecule has 2 aromatic rings. The molecule has 0 aliphatic carbocycles. The van der Waals surface area contributed by atoms with Crippen molar-refractivity contribution in [3.63, 3.8) is 0 Å². The molecular weight excluding hydrogens is 234 g/mol. The van der Waals surface area contributed by atoms with Crippen molar-refractivity contribution >= 4 is 16.7 Å². The van der Waals surface area contributed by atoms with Crippen LogP contribution in [0, 0.1) is 12.8 Å². The van der Waals surface area contributed by atoms with Crippen LogP contribution in [0.1, 0.15) is 19.7 Å². The molecule has 0 aromatic carbocycles. The van der Waals surface area contributed by atoms with Crippen molar-refractivity contribution in [2.24, 2.45) is 5.92 Å². The van der Waals surface area contributed by atoms with Crippen LogP contribution in [0.4, 0.5) is 5.13 Å². The fraction of sp³-hybridized carbons (Fsp3) is 0.455. The minimum Gasteiger partial charge on any atom is -0.360 e. The molecule has 0 radical (unpaired) electrons. The molecule has 17 heavy (non-hydrogen) atoms. The summed E-state index contributed by atoms with van der Waals surface area (Å²) in [4.78, 5) is 12.7. The Morgan fingerprint density at radius 2 is 2.18 bits per heavy atom. The second kappa shape index (κ2) is 5.18. The lowest BCUT2D eigenvalue weighted by Gasteiger charge is -2.03. The van der Waals surface area contributed by atoms with E-state index >= 15 is 0 Å². The highest BCUT2D eigenvalue weighted by molar-refractivity contribution is 7.09. The van der Waals surface area contributed by atoms with Crippen LogP contribution < -0.4 is 5.32 Å². The second-order valence-corrected chi connectivity index (χ2v) is 4.94. The Bertz CT molecular complexity index is 494. The van der Waals surface area contributed by atoms with Crippen LogP contribution in [0.3, 0.4) is 0 Å². The van der Waals surface area contributed by atoms with E-state index in [0.29, 0.717) is 11.7 Å². The Morgan fingerprint density at radius 3 is 2.88 bits per heavy atom. The van der Waals surface area contributed by atoms with Gasteiger partial charge in [0.05, 0.1) is 0 Å². The predicted molar refractivity (Wildman–Crippen MR) is 69.0 cm³/mol. The Balaban J connectivity index is 2.12. The van der Waals surface area contributed by atoms with E-state index in [-0.39, 0.29) is 0 Å². The summed E-state index contributed by atoms with van der Waals surface area (Å²) in [6, 6.07) is 1.82. The molecule has 0 saturated carbocycles. The van der Waals surface area contributed by atoms with Crippen molar-refractivity contribution in [1.29, 1.82) is 0 Å². The fourth-order valence-electron chi connectivity index (χ4n) is 1.27. The first kappa shape index (κ1) is 11.9. The van der Waals surface area contributed by atoms with Gasteiger partial charge in [0, 0.05) is 24.3 Å². The van der Waals surface area contributed by atoms with E-state index in [2.05, 4.69) is 38.5 Å². The molecule has 6 heteroatoms. The lowest BCUT2D eigenvalue weighted by molar-refractivity contribution is 0.688. The molecular formula is C11H15N5S. The summed E-state index contributed by atoms with van der Waals surface area (Å²) in [7, 11) is 0. The highest BCUT2D eigenvalue weighted by Gasteiger charge is 2.08. The smallest absolute Gasteiger partial charge is 0.202 e. The monoisotopic (exact) mass is 249 g/mol. The van der Waals surface area contributed by atoms with Gasteiger partial charge in [-0.05, 0) is 18.9 Å². The number of aryl methyl sites for hydroxylation is 1. The molecule has 0 unspecified atom stereocenters. The maximum Gasteiger partial charge on any atom is 0.202 e. The van der Waals surface area contributed by atoms with Gasteiger partial charge in [0.25, 0.3) is 0 Å². The summed E-state index contributed by atoms with van der Waals surface area (Å²) < 4.78 is 4.28. The molecule has 90 valence electrons. The van der Waals surface area contributed by atoms with Crippen molar-refractivity contribution in [3.05, 3.63) is 18.1 Å². The molecule has 0 spiro atoms. The highest BCUT2D eigenvalue weighted by atomic mass is 32.1. The SMILES string of the molecule is Cc1nccc(-c2nsc(NCC(C)C)n2)n1. The first-order valence-electron chi connectivity index (χ1n) is 5.53. The van der Waals surface area contributed by atoms with E-state index in [1.54, 1.807) is 6.20 Å². The number of nitrogens with zero attached hydrogens (tertiary/aromatic N) is 4. The maximum atomic E-state index is 4.40. The van der Waals surface area contributed by atoms with Crippen molar-refractivity contribution in [1.82, 2.24) is 19.3 Å². The standard InChI is InChI=1S/C11H15N5S/c1-7(2)6-13-11-15-10(16-17-11)9-4-5-12-8(3)14-9/h4-5,7H,6H2,1-3H3,(H,13,15,16). The molecule has 2 rings (SSSR count). The van der Waals surface area contributed by atoms with Crippen molar-refractivity contribution in [3.8, 4) is 11.5 Å². The van der Waals surface area contributed by atoms with E-state index in [9.17, 15) is 0 Å². The van der Waals surface area contributed by atoms with Gasteiger partial charge in [0.15, 0.2) is 5.82 Å². The Kier molecular flexibility index (Phi) is 3.63. The molecule has 5 nitrogen and oxygen atoms in total. The Hall–Kier alpha value is -1.56. The van der Waals surface area contributed by atoms with Gasteiger partial charge in [0.2, 0.25) is 5.13 Å². The molecule has 0 fully saturated rings. The van der Waals surface area contributed by atoms with E-state index in [4.69, 9.17) is 0 Å². The van der Waals surface area contributed by atoms with Crippen LogP contribution in [-0.4, -0.2) is 25.9 Å². The Labute approximate surface area is 105 Å². The number of anilines is 1. The minimum absolute atomic E-state index is 0.587. The molecule has 0 aliphatic rings. The molecule has 0 aliphatic heterocycles. The second-order valence-electron chi connectivity index (χ2n) is 4.19. The number of aromatic nitrogens is 4. The summed E-state index contributed by atoms with van der Waals surface area (Å²) in [5, 5.41) is 4.09. The average molecular weight is 249 g/mol. The number of hydrogen-bond acceptors (Lipinski definition) is 6. The van der Waals surface area contributed by atoms with Gasteiger partial charge < -0.3 is 5.32 Å². The third-order valence-corrected chi connectivity index (χ3v) is 2.77. The van der Waals surface area contributed by atoms with Crippen LogP contribution >= 0.6 is 11.5 Å². The molecule has 1 N–H and O–H groups in total. The molecule has 2 heterocycles. The summed E-state index contributed by atoms with van der Waals surface area (Å²) in [5.41, 5.74) is 0.770. The lowest BCUT2D eigenvalue weighted by atomic mass is 10.2. The zero-order chi connectivity index (χ0) is 12.3. The van der Waals surface area contributed by atoms with E-state index in [0.717, 1.165) is 23.2 Å². The summed E-state index contributed by atoms with van der Waals surface area (Å²) in [6.07, 6.45) is 1.72. The summed E-state index contributed by atoms with van der Waals surface area (Å²) in [5.74, 6) is 1.98. The van der Waals surface area contributed by atoms with Gasteiger partial charge in [-0.15, -0.1) is 0 Å². The summed E-state index contributed by atoms with van der Waals surface area (Å²) >= 11 is 1.36. The average Bonchev–Trinajstić information content (AvgIpc) is 2.75. The van der Waals surface area contributed by atoms with Gasteiger partial charge in [-0.3, -0.25) is 0 Å². The highest BCUT2D eigenvalue weighted by Crippen LogP contribution is 2.19. The van der Waals surface area contributed by atoms with Gasteiger partial charge in [-0.1, -0.05) is 13.8 Å². The van der Waals surface area contributed by atoms with E-state index in [1.807, 2.05) is 13.0 Å². The molecule has 0 amide bonds. The van der Waals surface area contributed by atoms with Crippen LogP contribution in [0.15, 0.2) is 12.3 Å². The third kappa shape index (κ3) is 3.20. The van der Waals surface area contributed by atoms with E-state index in [1.165, 1.54) is 11.5 Å². The maximum absolute atomic E-state index is 4.40. The topological polar surface area (TPSA) is 63.6 Å². The van der Waals surface area contributed by atoms with Crippen molar-refractivity contribution in [2.75, 3.05) is 11.9 Å². The molecule has 0 saturated heterocycles. The van der Waals surface area contributed by atoms with Crippen molar-refractivity contribution < 1.29 is 0 Å². The van der Waals surface area contributed by atoms with Crippen molar-refractivity contribution in [2.45, 2.75) is 20.8 Å². The molecule has 0 atom stereocenters. The van der Waals surface area contributed by atoms with Crippen LogP contribution in [-0.2, 0) is 0 Å². The zero-order valence-electron chi connectivity index (χ0n) is 10.1. The Morgan fingerprint density at radius 1 is 1.35 bits per heavy atom. The zero-order valence-corrected chi connectivity index (χ0v) is 11.0. The first-order valence-corrected chi connectivity index (χ1v) is 6.30. The number of rotatable bonds is 4. The van der Waals surface area contributed by atoms with Crippen LogP contribution in [0.25, 0.3) is 11.5 Å². The normalized spacial score (nSPS) is 10.8. The van der Waals surface area contributed by atoms with Gasteiger partial charge in [-0.25, -0.2) is 9.97 Å². The number of nitrogens with one attached hydrogen (secondary N) is 1. The first-order chi connectivity index (χ1) is 8.15. The minimum atomic E-state index is 0.587. The van der Waals surface area contributed by atoms with Crippen LogP contribution in [0.5, 0.6) is 0 Å². The van der Waals surface area contributed by atoms with Crippen LogP contribution in [0.2, 0.25) is 0 Å². The van der Waals surface area contributed by atoms with Gasteiger partial charge >= 0.3 is 0 Å². The lowest BCUT2D eigenvalue weighted by Crippen LogP contribution is -2.07. The number of hydrogen-bond donors (Lipinski definition) is 1. The van der Waals surface area contributed by atoms with Gasteiger partial charge in [-0.2, -0.15) is 9.36 Å². The summed E-state index contributed by atoms with van der Waals surface area (Å²) in [6.45, 7) is 7.07. The molecule has 2 aromatic heterocycles. The third-order valence-electron chi connectivity index (χ3n) is 2.09. The fourth-order valence-corrected chi connectivity index (χ4v) is 1.85. The largest absolute Gasteiger partial charge is 0.360 e. The van der Waals surface area contributed by atoms with E-state index < -0.39 is 0 Å². The predicted octanol–water partition coefficient (Wildman–Crippen LogP) is 2.37. The molecule has 0 bridgehead atoms.